The molecule has 172 valence electrons. The highest BCUT2D eigenvalue weighted by Crippen LogP contribution is 2.35. The molecule has 0 saturated heterocycles. The van der Waals surface area contributed by atoms with Gasteiger partial charge in [-0.2, -0.15) is 5.10 Å². The standard InChI is InChI=1S/C26H29N3O4/c1-31-23-15-25(33-3)24(32-2)14-19(23)12-13-26(30)28-21-10-7-11-22-20(21)16-27-29(22)17-18-8-5-4-6-9-18/h4-6,8-9,12-16,21H,7,10-11,17H2,1-3H3,(H,28,30)/b13-12+. The zero-order valence-corrected chi connectivity index (χ0v) is 19.2. The van der Waals surface area contributed by atoms with Crippen LogP contribution in [0.4, 0.5) is 0 Å². The third-order valence-corrected chi connectivity index (χ3v) is 5.90. The first-order chi connectivity index (χ1) is 16.1. The monoisotopic (exact) mass is 447 g/mol. The molecule has 0 aliphatic heterocycles. The number of rotatable bonds is 8. The number of nitrogens with one attached hydrogen (secondary N) is 1. The quantitative estimate of drug-likeness (QED) is 0.525. The molecule has 0 fully saturated rings. The zero-order chi connectivity index (χ0) is 23.2. The minimum absolute atomic E-state index is 0.0530. The summed E-state index contributed by atoms with van der Waals surface area (Å²) in [6.07, 6.45) is 8.00. The molecule has 0 saturated carbocycles. The van der Waals surface area contributed by atoms with Crippen molar-refractivity contribution in [2.75, 3.05) is 21.3 Å². The lowest BCUT2D eigenvalue weighted by Gasteiger charge is -2.23. The van der Waals surface area contributed by atoms with Crippen LogP contribution in [0.5, 0.6) is 17.2 Å². The van der Waals surface area contributed by atoms with E-state index in [4.69, 9.17) is 14.2 Å². The summed E-state index contributed by atoms with van der Waals surface area (Å²) in [4.78, 5) is 12.7. The van der Waals surface area contributed by atoms with Crippen LogP contribution in [0.25, 0.3) is 6.08 Å². The molecule has 1 aliphatic rings. The fourth-order valence-electron chi connectivity index (χ4n) is 4.23. The molecule has 2 aromatic carbocycles. The van der Waals surface area contributed by atoms with Crippen molar-refractivity contribution >= 4 is 12.0 Å². The molecule has 1 amide bonds. The average Bonchev–Trinajstić information content (AvgIpc) is 3.26. The zero-order valence-electron chi connectivity index (χ0n) is 19.2. The highest BCUT2D eigenvalue weighted by Gasteiger charge is 2.25. The maximum atomic E-state index is 12.7. The second kappa shape index (κ2) is 10.3. The Labute approximate surface area is 194 Å². The summed E-state index contributed by atoms with van der Waals surface area (Å²) >= 11 is 0. The normalized spacial score (nSPS) is 15.2. The largest absolute Gasteiger partial charge is 0.496 e. The van der Waals surface area contributed by atoms with Gasteiger partial charge in [-0.05, 0) is 37.0 Å². The number of amides is 1. The molecule has 1 heterocycles. The van der Waals surface area contributed by atoms with Gasteiger partial charge in [0.15, 0.2) is 11.5 Å². The number of ether oxygens (including phenoxy) is 3. The molecule has 3 aromatic rings. The Morgan fingerprint density at radius 3 is 2.55 bits per heavy atom. The minimum Gasteiger partial charge on any atom is -0.496 e. The highest BCUT2D eigenvalue weighted by molar-refractivity contribution is 5.92. The van der Waals surface area contributed by atoms with Gasteiger partial charge >= 0.3 is 0 Å². The summed E-state index contributed by atoms with van der Waals surface area (Å²) in [6, 6.07) is 13.8. The van der Waals surface area contributed by atoms with E-state index >= 15 is 0 Å². The topological polar surface area (TPSA) is 74.6 Å². The lowest BCUT2D eigenvalue weighted by Crippen LogP contribution is -2.29. The van der Waals surface area contributed by atoms with Gasteiger partial charge < -0.3 is 19.5 Å². The van der Waals surface area contributed by atoms with Crippen LogP contribution in [0.1, 0.15) is 41.3 Å². The van der Waals surface area contributed by atoms with Crippen molar-refractivity contribution in [2.45, 2.75) is 31.8 Å². The number of fused-ring (bicyclic) bond motifs is 1. The fourth-order valence-corrected chi connectivity index (χ4v) is 4.23. The molecule has 0 bridgehead atoms. The highest BCUT2D eigenvalue weighted by atomic mass is 16.5. The van der Waals surface area contributed by atoms with E-state index < -0.39 is 0 Å². The fraction of sp³-hybridized carbons (Fsp3) is 0.308. The molecule has 1 N–H and O–H groups in total. The molecule has 7 heteroatoms. The molecule has 0 spiro atoms. The predicted octanol–water partition coefficient (Wildman–Crippen LogP) is 4.16. The van der Waals surface area contributed by atoms with Gasteiger partial charge in [-0.15, -0.1) is 0 Å². The summed E-state index contributed by atoms with van der Waals surface area (Å²) < 4.78 is 18.2. The van der Waals surface area contributed by atoms with Crippen LogP contribution < -0.4 is 19.5 Å². The van der Waals surface area contributed by atoms with Crippen molar-refractivity contribution in [3.63, 3.8) is 0 Å². The van der Waals surface area contributed by atoms with E-state index in [1.54, 1.807) is 39.5 Å². The molecule has 1 atom stereocenters. The second-order valence-electron chi connectivity index (χ2n) is 7.93. The van der Waals surface area contributed by atoms with Gasteiger partial charge in [0.25, 0.3) is 0 Å². The first-order valence-electron chi connectivity index (χ1n) is 11.0. The molecule has 7 nitrogen and oxygen atoms in total. The van der Waals surface area contributed by atoms with Gasteiger partial charge in [0.05, 0.1) is 40.1 Å². The second-order valence-corrected chi connectivity index (χ2v) is 7.93. The maximum Gasteiger partial charge on any atom is 0.244 e. The van der Waals surface area contributed by atoms with E-state index in [9.17, 15) is 4.79 Å². The number of carbonyl (C=O) groups is 1. The summed E-state index contributed by atoms with van der Waals surface area (Å²) in [5.74, 6) is 1.57. The van der Waals surface area contributed by atoms with Crippen molar-refractivity contribution in [1.29, 1.82) is 0 Å². The van der Waals surface area contributed by atoms with Crippen LogP contribution in [-0.2, 0) is 17.8 Å². The number of hydrogen-bond acceptors (Lipinski definition) is 5. The number of nitrogens with zero attached hydrogens (tertiary/aromatic N) is 2. The average molecular weight is 448 g/mol. The summed E-state index contributed by atoms with van der Waals surface area (Å²) in [6.45, 7) is 0.732. The number of hydrogen-bond donors (Lipinski definition) is 1. The molecule has 1 aromatic heterocycles. The summed E-state index contributed by atoms with van der Waals surface area (Å²) in [5.41, 5.74) is 4.23. The first-order valence-corrected chi connectivity index (χ1v) is 11.0. The first kappa shape index (κ1) is 22.5. The molecule has 1 aliphatic carbocycles. The Bertz CT molecular complexity index is 1140. The Balaban J connectivity index is 1.48. The van der Waals surface area contributed by atoms with Gasteiger partial charge in [0.2, 0.25) is 5.91 Å². The smallest absolute Gasteiger partial charge is 0.244 e. The lowest BCUT2D eigenvalue weighted by molar-refractivity contribution is -0.117. The van der Waals surface area contributed by atoms with E-state index in [1.807, 2.05) is 29.1 Å². The molecule has 4 rings (SSSR count). The van der Waals surface area contributed by atoms with Crippen LogP contribution in [0.15, 0.2) is 54.7 Å². The van der Waals surface area contributed by atoms with Crippen molar-refractivity contribution < 1.29 is 19.0 Å². The Kier molecular flexibility index (Phi) is 6.98. The Morgan fingerprint density at radius 2 is 1.82 bits per heavy atom. The van der Waals surface area contributed by atoms with E-state index in [-0.39, 0.29) is 11.9 Å². The van der Waals surface area contributed by atoms with Crippen molar-refractivity contribution in [3.8, 4) is 17.2 Å². The number of benzene rings is 2. The van der Waals surface area contributed by atoms with Crippen molar-refractivity contribution in [2.24, 2.45) is 0 Å². The maximum absolute atomic E-state index is 12.7. The van der Waals surface area contributed by atoms with Crippen LogP contribution in [-0.4, -0.2) is 37.0 Å². The number of aromatic nitrogens is 2. The third-order valence-electron chi connectivity index (χ3n) is 5.90. The van der Waals surface area contributed by atoms with E-state index in [0.29, 0.717) is 17.2 Å². The van der Waals surface area contributed by atoms with Crippen LogP contribution >= 0.6 is 0 Å². The molecule has 0 radical (unpaired) electrons. The molecular formula is C26H29N3O4. The van der Waals surface area contributed by atoms with E-state index in [0.717, 1.165) is 36.9 Å². The minimum atomic E-state index is -0.166. The van der Waals surface area contributed by atoms with Crippen LogP contribution in [0, 0.1) is 0 Å². The van der Waals surface area contributed by atoms with Crippen LogP contribution in [0.2, 0.25) is 0 Å². The van der Waals surface area contributed by atoms with Gasteiger partial charge in [-0.3, -0.25) is 9.48 Å². The number of methoxy groups -OCH3 is 3. The SMILES string of the molecule is COc1cc(OC)c(OC)cc1/C=C/C(=O)NC1CCCc2c1cnn2Cc1ccccc1. The van der Waals surface area contributed by atoms with Crippen molar-refractivity contribution in [3.05, 3.63) is 77.1 Å². The third kappa shape index (κ3) is 5.03. The van der Waals surface area contributed by atoms with Gasteiger partial charge in [0, 0.05) is 29.0 Å². The van der Waals surface area contributed by atoms with E-state index in [2.05, 4.69) is 22.5 Å². The lowest BCUT2D eigenvalue weighted by atomic mass is 9.93. The van der Waals surface area contributed by atoms with Gasteiger partial charge in [0.1, 0.15) is 5.75 Å². The number of carbonyl (C=O) groups excluding carboxylic acids is 1. The van der Waals surface area contributed by atoms with Gasteiger partial charge in [-0.1, -0.05) is 30.3 Å². The summed E-state index contributed by atoms with van der Waals surface area (Å²) in [7, 11) is 4.72. The Morgan fingerprint density at radius 1 is 1.09 bits per heavy atom. The van der Waals surface area contributed by atoms with Crippen LogP contribution in [0.3, 0.4) is 0 Å². The van der Waals surface area contributed by atoms with E-state index in [1.165, 1.54) is 17.3 Å². The molecular weight excluding hydrogens is 418 g/mol. The summed E-state index contributed by atoms with van der Waals surface area (Å²) in [5, 5.41) is 7.74. The van der Waals surface area contributed by atoms with Gasteiger partial charge in [-0.25, -0.2) is 0 Å². The molecule has 33 heavy (non-hydrogen) atoms. The molecule has 1 unspecified atom stereocenters. The van der Waals surface area contributed by atoms with Crippen molar-refractivity contribution in [1.82, 2.24) is 15.1 Å². The predicted molar refractivity (Wildman–Crippen MR) is 127 cm³/mol. The Hall–Kier alpha value is -3.74.